The summed E-state index contributed by atoms with van der Waals surface area (Å²) in [6.45, 7) is 0. The minimum absolute atomic E-state index is 0.0913. The monoisotopic (exact) mass is 378 g/mol. The van der Waals surface area contributed by atoms with Crippen molar-refractivity contribution in [3.63, 3.8) is 0 Å². The van der Waals surface area contributed by atoms with E-state index < -0.39 is 0 Å². The van der Waals surface area contributed by atoms with Crippen LogP contribution in [-0.2, 0) is 4.79 Å². The molecule has 2 amide bonds. The highest BCUT2D eigenvalue weighted by atomic mass is 19.1. The van der Waals surface area contributed by atoms with Crippen LogP contribution < -0.4 is 5.32 Å². The zero-order valence-corrected chi connectivity index (χ0v) is 15.6. The van der Waals surface area contributed by atoms with Gasteiger partial charge >= 0.3 is 0 Å². The number of piperidine rings is 1. The lowest BCUT2D eigenvalue weighted by Crippen LogP contribution is -2.46. The van der Waals surface area contributed by atoms with Crippen molar-refractivity contribution in [3.05, 3.63) is 71.0 Å². The summed E-state index contributed by atoms with van der Waals surface area (Å²) < 4.78 is 13.2. The summed E-state index contributed by atoms with van der Waals surface area (Å²) in [4.78, 5) is 27.4. The van der Waals surface area contributed by atoms with Gasteiger partial charge in [-0.05, 0) is 60.9 Å². The first-order valence-electron chi connectivity index (χ1n) is 10.1. The van der Waals surface area contributed by atoms with Crippen molar-refractivity contribution >= 4 is 11.8 Å². The summed E-state index contributed by atoms with van der Waals surface area (Å²) in [6, 6.07) is 14.6. The first-order valence-corrected chi connectivity index (χ1v) is 10.1. The molecule has 1 N–H and O–H groups in total. The number of fused-ring (bicyclic) bond motifs is 3. The lowest BCUT2D eigenvalue weighted by Gasteiger charge is -2.39. The molecule has 28 heavy (non-hydrogen) atoms. The number of carbonyl (C=O) groups is 2. The van der Waals surface area contributed by atoms with Gasteiger partial charge in [0.2, 0.25) is 5.91 Å². The number of hydrogen-bond donors (Lipinski definition) is 1. The second-order valence-corrected chi connectivity index (χ2v) is 8.22. The van der Waals surface area contributed by atoms with Crippen LogP contribution in [0.1, 0.15) is 65.5 Å². The van der Waals surface area contributed by atoms with Crippen LogP contribution in [0, 0.1) is 5.82 Å². The Morgan fingerprint density at radius 3 is 2.43 bits per heavy atom. The predicted molar refractivity (Wildman–Crippen MR) is 103 cm³/mol. The maximum atomic E-state index is 13.2. The molecule has 4 nitrogen and oxygen atoms in total. The Bertz CT molecular complexity index is 912. The first kappa shape index (κ1) is 17.4. The summed E-state index contributed by atoms with van der Waals surface area (Å²) in [5.41, 5.74) is 2.77. The predicted octanol–water partition coefficient (Wildman–Crippen LogP) is 3.94. The summed E-state index contributed by atoms with van der Waals surface area (Å²) >= 11 is 0. The minimum atomic E-state index is -0.231. The van der Waals surface area contributed by atoms with Crippen LogP contribution in [-0.4, -0.2) is 28.8 Å². The normalized spacial score (nSPS) is 28.2. The lowest BCUT2D eigenvalue weighted by molar-refractivity contribution is -0.136. The molecule has 3 aliphatic heterocycles. The molecule has 0 aliphatic carbocycles. The highest BCUT2D eigenvalue weighted by Gasteiger charge is 2.44. The van der Waals surface area contributed by atoms with Crippen molar-refractivity contribution in [2.45, 2.75) is 56.1 Å². The molecule has 0 radical (unpaired) electrons. The molecule has 0 spiro atoms. The fourth-order valence-electron chi connectivity index (χ4n) is 5.35. The number of amides is 2. The topological polar surface area (TPSA) is 49.4 Å². The Balaban J connectivity index is 1.30. The Morgan fingerprint density at radius 2 is 1.71 bits per heavy atom. The number of hydrogen-bond acceptors (Lipinski definition) is 2. The number of carbonyl (C=O) groups excluding carboxylic acids is 2. The molecule has 3 aliphatic rings. The number of halogens is 1. The van der Waals surface area contributed by atoms with Crippen LogP contribution in [0.3, 0.4) is 0 Å². The summed E-state index contributed by atoms with van der Waals surface area (Å²) in [5.74, 6) is 0.214. The highest BCUT2D eigenvalue weighted by Crippen LogP contribution is 2.44. The van der Waals surface area contributed by atoms with Gasteiger partial charge in [-0.15, -0.1) is 0 Å². The van der Waals surface area contributed by atoms with Gasteiger partial charge in [-0.25, -0.2) is 4.39 Å². The summed E-state index contributed by atoms with van der Waals surface area (Å²) in [5, 5.41) is 2.96. The van der Waals surface area contributed by atoms with Crippen LogP contribution >= 0.6 is 0 Å². The smallest absolute Gasteiger partial charge is 0.252 e. The molecule has 2 aromatic carbocycles. The van der Waals surface area contributed by atoms with Crippen molar-refractivity contribution < 1.29 is 14.0 Å². The van der Waals surface area contributed by atoms with Gasteiger partial charge in [-0.1, -0.05) is 30.3 Å². The third-order valence-corrected chi connectivity index (χ3v) is 6.63. The van der Waals surface area contributed by atoms with E-state index in [1.807, 2.05) is 36.4 Å². The maximum Gasteiger partial charge on any atom is 0.252 e. The Labute approximate surface area is 163 Å². The number of benzene rings is 2. The molecular formula is C23H23FN2O2. The molecule has 2 bridgehead atoms. The fraction of sp³-hybridized carbons (Fsp3) is 0.391. The molecule has 0 saturated carbocycles. The zero-order chi connectivity index (χ0) is 19.3. The molecule has 2 saturated heterocycles. The Kier molecular flexibility index (Phi) is 4.18. The van der Waals surface area contributed by atoms with Crippen LogP contribution in [0.25, 0.3) is 0 Å². The van der Waals surface area contributed by atoms with E-state index in [4.69, 9.17) is 0 Å². The fourth-order valence-corrected chi connectivity index (χ4v) is 5.35. The molecule has 0 unspecified atom stereocenters. The second kappa shape index (κ2) is 6.73. The molecule has 3 atom stereocenters. The average Bonchev–Trinajstić information content (AvgIpc) is 3.16. The van der Waals surface area contributed by atoms with Crippen molar-refractivity contribution in [3.8, 4) is 0 Å². The molecule has 144 valence electrons. The lowest BCUT2D eigenvalue weighted by atomic mass is 9.84. The third kappa shape index (κ3) is 2.89. The van der Waals surface area contributed by atoms with Gasteiger partial charge in [0, 0.05) is 17.6 Å². The Hall–Kier alpha value is -2.69. The van der Waals surface area contributed by atoms with E-state index in [9.17, 15) is 14.0 Å². The highest BCUT2D eigenvalue weighted by molar-refractivity contribution is 5.99. The quantitative estimate of drug-likeness (QED) is 0.880. The zero-order valence-electron chi connectivity index (χ0n) is 15.6. The van der Waals surface area contributed by atoms with E-state index in [1.54, 1.807) is 0 Å². The number of rotatable bonds is 3. The molecule has 2 aromatic rings. The van der Waals surface area contributed by atoms with E-state index in [2.05, 4.69) is 10.2 Å². The molecule has 2 fully saturated rings. The van der Waals surface area contributed by atoms with Gasteiger partial charge in [-0.2, -0.15) is 0 Å². The van der Waals surface area contributed by atoms with E-state index in [1.165, 1.54) is 17.7 Å². The van der Waals surface area contributed by atoms with Gasteiger partial charge in [0.05, 0.1) is 12.5 Å². The van der Waals surface area contributed by atoms with Gasteiger partial charge in [-0.3, -0.25) is 9.59 Å². The molecule has 5 heteroatoms. The van der Waals surface area contributed by atoms with Crippen molar-refractivity contribution in [2.75, 3.05) is 0 Å². The summed E-state index contributed by atoms with van der Waals surface area (Å²) in [6.07, 6.45) is 4.24. The molecular weight excluding hydrogens is 355 g/mol. The standard InChI is InChI=1S/C23H23FN2O2/c24-16-7-5-14(6-8-16)15-11-17-9-10-18(12-15)26(17)22(27)13-21-19-3-1-2-4-20(19)23(28)25-21/h1-8,15,17-18,21H,9-13H2,(H,25,28)/t17-,18-,21-/m1/s1. The van der Waals surface area contributed by atoms with Crippen LogP contribution in [0.4, 0.5) is 4.39 Å². The van der Waals surface area contributed by atoms with Gasteiger partial charge < -0.3 is 10.2 Å². The van der Waals surface area contributed by atoms with E-state index in [0.717, 1.165) is 31.2 Å². The summed E-state index contributed by atoms with van der Waals surface area (Å²) in [7, 11) is 0. The first-order chi connectivity index (χ1) is 13.6. The SMILES string of the molecule is O=C1N[C@H](CC(=O)N2[C@@H]3CC[C@@H]2CC(c2ccc(F)cc2)C3)c2ccccc21. The third-order valence-electron chi connectivity index (χ3n) is 6.63. The molecule has 0 aromatic heterocycles. The van der Waals surface area contributed by atoms with Crippen molar-refractivity contribution in [1.29, 1.82) is 0 Å². The van der Waals surface area contributed by atoms with E-state index in [0.29, 0.717) is 17.9 Å². The second-order valence-electron chi connectivity index (χ2n) is 8.22. The van der Waals surface area contributed by atoms with Crippen molar-refractivity contribution in [2.24, 2.45) is 0 Å². The maximum absolute atomic E-state index is 13.2. The van der Waals surface area contributed by atoms with Gasteiger partial charge in [0.15, 0.2) is 0 Å². The largest absolute Gasteiger partial charge is 0.345 e. The van der Waals surface area contributed by atoms with Gasteiger partial charge in [0.1, 0.15) is 5.82 Å². The van der Waals surface area contributed by atoms with E-state index in [-0.39, 0.29) is 35.8 Å². The van der Waals surface area contributed by atoms with Crippen LogP contribution in [0.5, 0.6) is 0 Å². The van der Waals surface area contributed by atoms with Gasteiger partial charge in [0.25, 0.3) is 5.91 Å². The average molecular weight is 378 g/mol. The molecule has 5 rings (SSSR count). The van der Waals surface area contributed by atoms with Crippen molar-refractivity contribution in [1.82, 2.24) is 10.2 Å². The van der Waals surface area contributed by atoms with Crippen LogP contribution in [0.15, 0.2) is 48.5 Å². The van der Waals surface area contributed by atoms with Crippen LogP contribution in [0.2, 0.25) is 0 Å². The number of nitrogens with zero attached hydrogens (tertiary/aromatic N) is 1. The van der Waals surface area contributed by atoms with E-state index >= 15 is 0 Å². The minimum Gasteiger partial charge on any atom is -0.345 e. The molecule has 3 heterocycles. The number of nitrogens with one attached hydrogen (secondary N) is 1. The Morgan fingerprint density at radius 1 is 1.04 bits per heavy atom.